The molecule has 0 aliphatic carbocycles. The van der Waals surface area contributed by atoms with E-state index in [4.69, 9.17) is 4.74 Å². The molecule has 0 saturated carbocycles. The van der Waals surface area contributed by atoms with Crippen molar-refractivity contribution in [2.24, 2.45) is 0 Å². The van der Waals surface area contributed by atoms with Gasteiger partial charge in [0.2, 0.25) is 5.82 Å². The number of benzene rings is 1. The highest BCUT2D eigenvalue weighted by Crippen LogP contribution is 2.19. The summed E-state index contributed by atoms with van der Waals surface area (Å²) in [6.07, 6.45) is -0.805. The molecule has 0 aliphatic rings. The molecule has 1 aromatic carbocycles. The zero-order chi connectivity index (χ0) is 15.9. The fraction of sp³-hybridized carbons (Fsp3) is 0.308. The predicted molar refractivity (Wildman–Crippen MR) is 75.0 cm³/mol. The SMILES string of the molecule is CCOC(=O)NC(=O)Cn1nnc(-c2cccc(OC)c2)n1. The Labute approximate surface area is 126 Å². The fourth-order valence-corrected chi connectivity index (χ4v) is 1.64. The van der Waals surface area contributed by atoms with Gasteiger partial charge in [-0.25, -0.2) is 4.79 Å². The van der Waals surface area contributed by atoms with Crippen LogP contribution in [0.15, 0.2) is 24.3 Å². The molecular formula is C13H15N5O4. The first kappa shape index (κ1) is 15.4. The van der Waals surface area contributed by atoms with E-state index in [2.05, 4.69) is 20.1 Å². The van der Waals surface area contributed by atoms with Crippen LogP contribution in [0.1, 0.15) is 6.92 Å². The zero-order valence-corrected chi connectivity index (χ0v) is 12.1. The van der Waals surface area contributed by atoms with E-state index in [1.165, 1.54) is 0 Å². The maximum Gasteiger partial charge on any atom is 0.413 e. The number of aromatic nitrogens is 4. The van der Waals surface area contributed by atoms with Crippen LogP contribution in [0.4, 0.5) is 4.79 Å². The van der Waals surface area contributed by atoms with Crippen LogP contribution in [0.2, 0.25) is 0 Å². The molecule has 2 rings (SSSR count). The number of ether oxygens (including phenoxy) is 2. The van der Waals surface area contributed by atoms with Gasteiger partial charge in [0, 0.05) is 5.56 Å². The van der Waals surface area contributed by atoms with Gasteiger partial charge < -0.3 is 9.47 Å². The second kappa shape index (κ2) is 7.16. The molecule has 116 valence electrons. The Bertz CT molecular complexity index is 670. The number of tetrazole rings is 1. The second-order valence-electron chi connectivity index (χ2n) is 4.14. The molecule has 0 aliphatic heterocycles. The summed E-state index contributed by atoms with van der Waals surface area (Å²) in [5, 5.41) is 13.7. The van der Waals surface area contributed by atoms with E-state index in [0.29, 0.717) is 17.1 Å². The molecule has 9 heteroatoms. The number of carbonyl (C=O) groups excluding carboxylic acids is 2. The van der Waals surface area contributed by atoms with E-state index >= 15 is 0 Å². The van der Waals surface area contributed by atoms with Gasteiger partial charge in [0.25, 0.3) is 5.91 Å². The van der Waals surface area contributed by atoms with Gasteiger partial charge in [-0.15, -0.1) is 10.2 Å². The number of hydrogen-bond acceptors (Lipinski definition) is 7. The van der Waals surface area contributed by atoms with Crippen LogP contribution < -0.4 is 10.1 Å². The summed E-state index contributed by atoms with van der Waals surface area (Å²) >= 11 is 0. The van der Waals surface area contributed by atoms with Crippen molar-refractivity contribution < 1.29 is 19.1 Å². The Kier molecular flexibility index (Phi) is 5.02. The first-order valence-corrected chi connectivity index (χ1v) is 6.51. The van der Waals surface area contributed by atoms with E-state index in [0.717, 1.165) is 4.80 Å². The highest BCUT2D eigenvalue weighted by atomic mass is 16.5. The first-order valence-electron chi connectivity index (χ1n) is 6.51. The van der Waals surface area contributed by atoms with Crippen molar-refractivity contribution in [3.05, 3.63) is 24.3 Å². The van der Waals surface area contributed by atoms with E-state index in [1.54, 1.807) is 38.3 Å². The van der Waals surface area contributed by atoms with Crippen LogP contribution in [-0.4, -0.2) is 45.9 Å². The zero-order valence-electron chi connectivity index (χ0n) is 12.1. The Hall–Kier alpha value is -2.97. The minimum absolute atomic E-state index is 0.181. The predicted octanol–water partition coefficient (Wildman–Crippen LogP) is 0.621. The second-order valence-corrected chi connectivity index (χ2v) is 4.14. The van der Waals surface area contributed by atoms with E-state index in [9.17, 15) is 9.59 Å². The average Bonchev–Trinajstić information content (AvgIpc) is 2.95. The van der Waals surface area contributed by atoms with Crippen molar-refractivity contribution in [3.63, 3.8) is 0 Å². The number of amides is 2. The molecule has 0 radical (unpaired) electrons. The third kappa shape index (κ3) is 4.01. The molecule has 0 saturated heterocycles. The Balaban J connectivity index is 2.02. The highest BCUT2D eigenvalue weighted by molar-refractivity contribution is 5.91. The number of methoxy groups -OCH3 is 1. The lowest BCUT2D eigenvalue weighted by Crippen LogP contribution is -2.34. The van der Waals surface area contributed by atoms with Crippen LogP contribution in [0, 0.1) is 0 Å². The van der Waals surface area contributed by atoms with Gasteiger partial charge in [-0.2, -0.15) is 4.80 Å². The molecule has 1 N–H and O–H groups in total. The molecule has 9 nitrogen and oxygen atoms in total. The summed E-state index contributed by atoms with van der Waals surface area (Å²) in [6, 6.07) is 7.13. The highest BCUT2D eigenvalue weighted by Gasteiger charge is 2.12. The molecule has 0 bridgehead atoms. The fourth-order valence-electron chi connectivity index (χ4n) is 1.64. The number of rotatable bonds is 5. The lowest BCUT2D eigenvalue weighted by Gasteiger charge is -2.02. The van der Waals surface area contributed by atoms with Gasteiger partial charge >= 0.3 is 6.09 Å². The monoisotopic (exact) mass is 305 g/mol. The minimum atomic E-state index is -0.805. The minimum Gasteiger partial charge on any atom is -0.497 e. The van der Waals surface area contributed by atoms with Crippen molar-refractivity contribution in [3.8, 4) is 17.1 Å². The molecule has 0 spiro atoms. The van der Waals surface area contributed by atoms with Crippen molar-refractivity contribution in [1.82, 2.24) is 25.5 Å². The Morgan fingerprint density at radius 3 is 2.91 bits per heavy atom. The lowest BCUT2D eigenvalue weighted by molar-refractivity contribution is -0.121. The van der Waals surface area contributed by atoms with Crippen molar-refractivity contribution in [1.29, 1.82) is 0 Å². The number of nitrogens with zero attached hydrogens (tertiary/aromatic N) is 4. The summed E-state index contributed by atoms with van der Waals surface area (Å²) in [6.45, 7) is 1.58. The third-order valence-corrected chi connectivity index (χ3v) is 2.58. The van der Waals surface area contributed by atoms with Crippen LogP contribution in [-0.2, 0) is 16.1 Å². The summed E-state index contributed by atoms with van der Waals surface area (Å²) < 4.78 is 9.72. The van der Waals surface area contributed by atoms with Crippen molar-refractivity contribution in [2.75, 3.05) is 13.7 Å². The van der Waals surface area contributed by atoms with Crippen LogP contribution in [0.25, 0.3) is 11.4 Å². The standard InChI is InChI=1S/C13H15N5O4/c1-3-22-13(20)14-11(19)8-18-16-12(15-17-18)9-5-4-6-10(7-9)21-2/h4-7H,3,8H2,1-2H3,(H,14,19,20). The van der Waals surface area contributed by atoms with Crippen molar-refractivity contribution in [2.45, 2.75) is 13.5 Å². The van der Waals surface area contributed by atoms with Gasteiger partial charge in [0.05, 0.1) is 13.7 Å². The van der Waals surface area contributed by atoms with Crippen LogP contribution in [0.3, 0.4) is 0 Å². The number of nitrogens with one attached hydrogen (secondary N) is 1. The summed E-state index contributed by atoms with van der Waals surface area (Å²) in [7, 11) is 1.56. The van der Waals surface area contributed by atoms with Gasteiger partial charge in [-0.1, -0.05) is 12.1 Å². The molecule has 22 heavy (non-hydrogen) atoms. The van der Waals surface area contributed by atoms with Gasteiger partial charge in [-0.3, -0.25) is 10.1 Å². The molecular weight excluding hydrogens is 290 g/mol. The molecule has 1 heterocycles. The molecule has 1 aromatic heterocycles. The molecule has 2 aromatic rings. The molecule has 0 atom stereocenters. The maximum absolute atomic E-state index is 11.6. The Morgan fingerprint density at radius 2 is 2.18 bits per heavy atom. The number of alkyl carbamates (subject to hydrolysis) is 1. The smallest absolute Gasteiger partial charge is 0.413 e. The van der Waals surface area contributed by atoms with E-state index < -0.39 is 12.0 Å². The topological polar surface area (TPSA) is 108 Å². The summed E-state index contributed by atoms with van der Waals surface area (Å²) in [5.41, 5.74) is 0.705. The normalized spacial score (nSPS) is 10.1. The van der Waals surface area contributed by atoms with Crippen LogP contribution in [0.5, 0.6) is 5.75 Å². The maximum atomic E-state index is 11.6. The molecule has 0 unspecified atom stereocenters. The average molecular weight is 305 g/mol. The summed E-state index contributed by atoms with van der Waals surface area (Å²) in [5.74, 6) is 0.421. The number of carbonyl (C=O) groups is 2. The van der Waals surface area contributed by atoms with Gasteiger partial charge in [0.15, 0.2) is 0 Å². The van der Waals surface area contributed by atoms with Gasteiger partial charge in [-0.05, 0) is 24.3 Å². The molecule has 2 amide bonds. The van der Waals surface area contributed by atoms with Crippen molar-refractivity contribution >= 4 is 12.0 Å². The Morgan fingerprint density at radius 1 is 1.36 bits per heavy atom. The first-order chi connectivity index (χ1) is 10.6. The van der Waals surface area contributed by atoms with Crippen LogP contribution >= 0.6 is 0 Å². The van der Waals surface area contributed by atoms with E-state index in [1.807, 2.05) is 5.32 Å². The number of hydrogen-bond donors (Lipinski definition) is 1. The van der Waals surface area contributed by atoms with E-state index in [-0.39, 0.29) is 13.2 Å². The summed E-state index contributed by atoms with van der Waals surface area (Å²) in [4.78, 5) is 23.8. The van der Waals surface area contributed by atoms with Gasteiger partial charge in [0.1, 0.15) is 12.3 Å². The lowest BCUT2D eigenvalue weighted by atomic mass is 10.2. The third-order valence-electron chi connectivity index (χ3n) is 2.58. The quantitative estimate of drug-likeness (QED) is 0.862. The number of imide groups is 1. The largest absolute Gasteiger partial charge is 0.497 e. The molecule has 0 fully saturated rings.